The van der Waals surface area contributed by atoms with Crippen molar-refractivity contribution >= 4 is 35.0 Å². The molecule has 1 aliphatic heterocycles. The molecule has 1 aliphatic rings. The van der Waals surface area contributed by atoms with Gasteiger partial charge in [0.15, 0.2) is 0 Å². The highest BCUT2D eigenvalue weighted by Crippen LogP contribution is 2.42. The van der Waals surface area contributed by atoms with Crippen molar-refractivity contribution in [3.8, 4) is 0 Å². The van der Waals surface area contributed by atoms with Crippen LogP contribution in [0.5, 0.6) is 0 Å². The smallest absolute Gasteiger partial charge is 0.238 e. The number of carbonyl (C=O) groups is 2. The third-order valence-electron chi connectivity index (χ3n) is 4.40. The molecule has 0 aliphatic carbocycles. The molecule has 0 aromatic heterocycles. The Labute approximate surface area is 159 Å². The van der Waals surface area contributed by atoms with Crippen LogP contribution in [0, 0.1) is 0 Å². The predicted octanol–water partition coefficient (Wildman–Crippen LogP) is 4.77. The summed E-state index contributed by atoms with van der Waals surface area (Å²) in [5.74, 6) is 0.606. The van der Waals surface area contributed by atoms with Gasteiger partial charge in [0.2, 0.25) is 11.8 Å². The van der Waals surface area contributed by atoms with Crippen LogP contribution in [0.2, 0.25) is 0 Å². The lowest BCUT2D eigenvalue weighted by molar-refractivity contribution is -0.116. The van der Waals surface area contributed by atoms with Gasteiger partial charge in [0.25, 0.3) is 0 Å². The van der Waals surface area contributed by atoms with Gasteiger partial charge in [-0.25, -0.2) is 0 Å². The average molecular weight is 369 g/mol. The van der Waals surface area contributed by atoms with Crippen molar-refractivity contribution in [3.05, 3.63) is 59.7 Å². The van der Waals surface area contributed by atoms with Crippen LogP contribution in [0.15, 0.2) is 48.5 Å². The summed E-state index contributed by atoms with van der Waals surface area (Å²) in [7, 11) is 0. The van der Waals surface area contributed by atoms with E-state index in [0.29, 0.717) is 12.2 Å². The van der Waals surface area contributed by atoms with Crippen LogP contribution in [-0.2, 0) is 16.0 Å². The third-order valence-corrected chi connectivity index (χ3v) is 5.61. The second-order valence-corrected chi connectivity index (χ2v) is 7.44. The number of hydrogen-bond donors (Lipinski definition) is 1. The molecule has 0 saturated carbocycles. The van der Waals surface area contributed by atoms with Gasteiger partial charge in [0.05, 0.1) is 5.75 Å². The standard InChI is InChI=1S/C21H24N2O2S/c1-3-7-19(24)22-17-10-6-9-16(13-17)21-23(20(25)14-26-21)18-11-5-8-15(4-2)12-18/h5-6,8-13,21H,3-4,7,14H2,1-2H3,(H,22,24)/t21-/m0/s1. The maximum Gasteiger partial charge on any atom is 0.238 e. The Morgan fingerprint density at radius 3 is 2.77 bits per heavy atom. The molecule has 136 valence electrons. The van der Waals surface area contributed by atoms with Crippen LogP contribution in [0.3, 0.4) is 0 Å². The zero-order chi connectivity index (χ0) is 18.5. The fourth-order valence-electron chi connectivity index (χ4n) is 3.10. The number of rotatable bonds is 6. The normalized spacial score (nSPS) is 16.8. The molecule has 4 nitrogen and oxygen atoms in total. The van der Waals surface area contributed by atoms with Crippen molar-refractivity contribution in [3.63, 3.8) is 0 Å². The maximum atomic E-state index is 12.5. The quantitative estimate of drug-likeness (QED) is 0.799. The van der Waals surface area contributed by atoms with Crippen molar-refractivity contribution in [1.29, 1.82) is 0 Å². The molecule has 1 fully saturated rings. The van der Waals surface area contributed by atoms with Crippen molar-refractivity contribution in [1.82, 2.24) is 0 Å². The molecule has 5 heteroatoms. The summed E-state index contributed by atoms with van der Waals surface area (Å²) >= 11 is 1.62. The van der Waals surface area contributed by atoms with E-state index in [1.807, 2.05) is 48.2 Å². The van der Waals surface area contributed by atoms with E-state index >= 15 is 0 Å². The Morgan fingerprint density at radius 1 is 1.19 bits per heavy atom. The van der Waals surface area contributed by atoms with E-state index < -0.39 is 0 Å². The Hall–Kier alpha value is -2.27. The molecule has 0 unspecified atom stereocenters. The van der Waals surface area contributed by atoms with Crippen LogP contribution >= 0.6 is 11.8 Å². The van der Waals surface area contributed by atoms with E-state index in [1.165, 1.54) is 5.56 Å². The van der Waals surface area contributed by atoms with E-state index in [0.717, 1.165) is 29.8 Å². The Morgan fingerprint density at radius 2 is 2.00 bits per heavy atom. The van der Waals surface area contributed by atoms with Gasteiger partial charge in [0.1, 0.15) is 5.37 Å². The summed E-state index contributed by atoms with van der Waals surface area (Å²) < 4.78 is 0. The number of nitrogens with one attached hydrogen (secondary N) is 1. The maximum absolute atomic E-state index is 12.5. The summed E-state index contributed by atoms with van der Waals surface area (Å²) in [6, 6.07) is 16.0. The molecule has 0 spiro atoms. The molecule has 0 bridgehead atoms. The van der Waals surface area contributed by atoms with Gasteiger partial charge in [-0.3, -0.25) is 14.5 Å². The van der Waals surface area contributed by atoms with Crippen molar-refractivity contribution in [2.75, 3.05) is 16.0 Å². The highest BCUT2D eigenvalue weighted by atomic mass is 32.2. The van der Waals surface area contributed by atoms with Crippen LogP contribution in [0.25, 0.3) is 0 Å². The monoisotopic (exact) mass is 368 g/mol. The molecule has 1 N–H and O–H groups in total. The minimum absolute atomic E-state index is 0.0207. The first kappa shape index (κ1) is 18.5. The molecule has 1 saturated heterocycles. The Balaban J connectivity index is 1.87. The van der Waals surface area contributed by atoms with E-state index in [-0.39, 0.29) is 17.2 Å². The summed E-state index contributed by atoms with van der Waals surface area (Å²) in [5.41, 5.74) is 3.96. The minimum Gasteiger partial charge on any atom is -0.326 e. The molecule has 1 atom stereocenters. The summed E-state index contributed by atoms with van der Waals surface area (Å²) in [6.45, 7) is 4.10. The molecule has 2 aromatic rings. The topological polar surface area (TPSA) is 49.4 Å². The van der Waals surface area contributed by atoms with Gasteiger partial charge < -0.3 is 5.32 Å². The first-order valence-electron chi connectivity index (χ1n) is 9.04. The van der Waals surface area contributed by atoms with E-state index in [4.69, 9.17) is 0 Å². The number of benzene rings is 2. The Kier molecular flexibility index (Phi) is 5.99. The van der Waals surface area contributed by atoms with Gasteiger partial charge in [0, 0.05) is 17.8 Å². The number of carbonyl (C=O) groups excluding carboxylic acids is 2. The lowest BCUT2D eigenvalue weighted by atomic mass is 10.1. The zero-order valence-corrected chi connectivity index (χ0v) is 16.0. The van der Waals surface area contributed by atoms with Gasteiger partial charge in [-0.2, -0.15) is 0 Å². The molecule has 0 radical (unpaired) electrons. The van der Waals surface area contributed by atoms with Crippen molar-refractivity contribution < 1.29 is 9.59 Å². The summed E-state index contributed by atoms with van der Waals surface area (Å²) in [4.78, 5) is 26.3. The molecule has 26 heavy (non-hydrogen) atoms. The summed E-state index contributed by atoms with van der Waals surface area (Å²) in [5, 5.41) is 2.87. The first-order chi connectivity index (χ1) is 12.6. The van der Waals surface area contributed by atoms with E-state index in [9.17, 15) is 9.59 Å². The number of anilines is 2. The molecule has 3 rings (SSSR count). The van der Waals surface area contributed by atoms with Crippen LogP contribution in [0.1, 0.15) is 43.2 Å². The average Bonchev–Trinajstić information content (AvgIpc) is 3.03. The van der Waals surface area contributed by atoms with Crippen molar-refractivity contribution in [2.24, 2.45) is 0 Å². The highest BCUT2D eigenvalue weighted by molar-refractivity contribution is 8.00. The zero-order valence-electron chi connectivity index (χ0n) is 15.2. The van der Waals surface area contributed by atoms with Gasteiger partial charge >= 0.3 is 0 Å². The van der Waals surface area contributed by atoms with E-state index in [1.54, 1.807) is 11.8 Å². The molecule has 1 heterocycles. The lowest BCUT2D eigenvalue weighted by Gasteiger charge is -2.25. The van der Waals surface area contributed by atoms with Crippen molar-refractivity contribution in [2.45, 2.75) is 38.5 Å². The molecule has 2 aromatic carbocycles. The van der Waals surface area contributed by atoms with Gasteiger partial charge in [-0.15, -0.1) is 11.8 Å². The lowest BCUT2D eigenvalue weighted by Crippen LogP contribution is -2.28. The molecular weight excluding hydrogens is 344 g/mol. The van der Waals surface area contributed by atoms with Gasteiger partial charge in [-0.1, -0.05) is 38.1 Å². The number of nitrogens with zero attached hydrogens (tertiary/aromatic N) is 1. The van der Waals surface area contributed by atoms with Gasteiger partial charge in [-0.05, 0) is 48.2 Å². The predicted molar refractivity (Wildman–Crippen MR) is 108 cm³/mol. The van der Waals surface area contributed by atoms with Crippen LogP contribution in [-0.4, -0.2) is 17.6 Å². The number of aryl methyl sites for hydroxylation is 1. The largest absolute Gasteiger partial charge is 0.326 e. The summed E-state index contributed by atoms with van der Waals surface area (Å²) in [6.07, 6.45) is 2.27. The Bertz CT molecular complexity index is 806. The second-order valence-electron chi connectivity index (χ2n) is 6.37. The van der Waals surface area contributed by atoms with Crippen LogP contribution in [0.4, 0.5) is 11.4 Å². The number of thioether (sulfide) groups is 1. The minimum atomic E-state index is -0.0716. The fraction of sp³-hybridized carbons (Fsp3) is 0.333. The third kappa shape index (κ3) is 4.10. The van der Waals surface area contributed by atoms with Crippen LogP contribution < -0.4 is 10.2 Å². The molecule has 2 amide bonds. The highest BCUT2D eigenvalue weighted by Gasteiger charge is 2.34. The SMILES string of the molecule is CCCC(=O)Nc1cccc([C@@H]2SCC(=O)N2c2cccc(CC)c2)c1. The number of amides is 2. The van der Waals surface area contributed by atoms with E-state index in [2.05, 4.69) is 24.4 Å². The molecular formula is C21H24N2O2S. The number of hydrogen-bond acceptors (Lipinski definition) is 3. The second kappa shape index (κ2) is 8.41. The fourth-order valence-corrected chi connectivity index (χ4v) is 4.26. The first-order valence-corrected chi connectivity index (χ1v) is 10.1.